The van der Waals surface area contributed by atoms with E-state index in [9.17, 15) is 4.79 Å². The highest BCUT2D eigenvalue weighted by Crippen LogP contribution is 2.01. The van der Waals surface area contributed by atoms with Crippen LogP contribution in [0.15, 0.2) is 29.8 Å². The fourth-order valence-electron chi connectivity index (χ4n) is 0.969. The second kappa shape index (κ2) is 9.63. The van der Waals surface area contributed by atoms with E-state index in [1.165, 1.54) is 6.08 Å². The number of esters is 1. The molecule has 0 saturated carbocycles. The van der Waals surface area contributed by atoms with Crippen LogP contribution in [0, 0.1) is 0 Å². The quantitative estimate of drug-likeness (QED) is 0.421. The van der Waals surface area contributed by atoms with E-state index >= 15 is 0 Å². The van der Waals surface area contributed by atoms with Gasteiger partial charge in [-0.15, -0.1) is 0 Å². The van der Waals surface area contributed by atoms with Gasteiger partial charge in [-0.2, -0.15) is 0 Å². The second-order valence-electron chi connectivity index (χ2n) is 3.54. The maximum atomic E-state index is 10.3. The van der Waals surface area contributed by atoms with Crippen LogP contribution >= 0.6 is 0 Å². The van der Waals surface area contributed by atoms with E-state index in [1.54, 1.807) is 0 Å². The van der Waals surface area contributed by atoms with Crippen LogP contribution in [-0.4, -0.2) is 31.6 Å². The van der Waals surface area contributed by atoms with Gasteiger partial charge in [-0.1, -0.05) is 26.5 Å². The average Bonchev–Trinajstić information content (AvgIpc) is 2.83. The Labute approximate surface area is 103 Å². The molecule has 0 aromatic heterocycles. The Morgan fingerprint density at radius 1 is 1.65 bits per heavy atom. The Kier molecular flexibility index (Phi) is 8.74. The lowest BCUT2D eigenvalue weighted by molar-refractivity contribution is -0.137. The molecule has 17 heavy (non-hydrogen) atoms. The van der Waals surface area contributed by atoms with Crippen molar-refractivity contribution in [1.82, 2.24) is 0 Å². The summed E-state index contributed by atoms with van der Waals surface area (Å²) in [6, 6.07) is 0. The first-order chi connectivity index (χ1) is 8.11. The first-order valence-corrected chi connectivity index (χ1v) is 5.74. The summed E-state index contributed by atoms with van der Waals surface area (Å²) in [5.41, 5.74) is 0.919. The minimum atomic E-state index is -0.330. The van der Waals surface area contributed by atoms with Gasteiger partial charge in [0, 0.05) is 11.6 Å². The molecule has 0 aliphatic carbocycles. The third-order valence-corrected chi connectivity index (χ3v) is 1.86. The SMILES string of the molecule is C=C(C)C1=NCCO1.C=CC(=O)OCCCC. The summed E-state index contributed by atoms with van der Waals surface area (Å²) in [5.74, 6) is 0.397. The molecule has 1 heterocycles. The van der Waals surface area contributed by atoms with Crippen molar-refractivity contribution in [2.24, 2.45) is 4.99 Å². The molecule has 96 valence electrons. The number of carbonyl (C=O) groups excluding carboxylic acids is 1. The van der Waals surface area contributed by atoms with Crippen molar-refractivity contribution in [2.45, 2.75) is 26.7 Å². The highest BCUT2D eigenvalue weighted by Gasteiger charge is 2.05. The summed E-state index contributed by atoms with van der Waals surface area (Å²) in [6.07, 6.45) is 3.15. The largest absolute Gasteiger partial charge is 0.476 e. The second-order valence-corrected chi connectivity index (χ2v) is 3.54. The molecule has 0 radical (unpaired) electrons. The lowest BCUT2D eigenvalue weighted by Gasteiger charge is -1.97. The Morgan fingerprint density at radius 3 is 2.71 bits per heavy atom. The smallest absolute Gasteiger partial charge is 0.330 e. The van der Waals surface area contributed by atoms with Crippen LogP contribution in [0.1, 0.15) is 26.7 Å². The van der Waals surface area contributed by atoms with Crippen LogP contribution in [0.4, 0.5) is 0 Å². The van der Waals surface area contributed by atoms with E-state index in [-0.39, 0.29) is 5.97 Å². The summed E-state index contributed by atoms with van der Waals surface area (Å²) >= 11 is 0. The predicted molar refractivity (Wildman–Crippen MR) is 69.1 cm³/mol. The van der Waals surface area contributed by atoms with Crippen LogP contribution in [0.3, 0.4) is 0 Å². The minimum absolute atomic E-state index is 0.330. The molecule has 0 saturated heterocycles. The summed E-state index contributed by atoms with van der Waals surface area (Å²) in [6.45, 7) is 12.9. The average molecular weight is 239 g/mol. The summed E-state index contributed by atoms with van der Waals surface area (Å²) < 4.78 is 9.74. The van der Waals surface area contributed by atoms with E-state index in [0.29, 0.717) is 6.61 Å². The third-order valence-electron chi connectivity index (χ3n) is 1.86. The van der Waals surface area contributed by atoms with Crippen molar-refractivity contribution < 1.29 is 14.3 Å². The predicted octanol–water partition coefficient (Wildman–Crippen LogP) is 2.51. The van der Waals surface area contributed by atoms with Gasteiger partial charge in [0.15, 0.2) is 0 Å². The van der Waals surface area contributed by atoms with Crippen LogP contribution in [0.5, 0.6) is 0 Å². The van der Waals surface area contributed by atoms with Gasteiger partial charge < -0.3 is 9.47 Å². The number of hydrogen-bond donors (Lipinski definition) is 0. The molecule has 0 fully saturated rings. The number of rotatable bonds is 5. The monoisotopic (exact) mass is 239 g/mol. The molecule has 1 rings (SSSR count). The van der Waals surface area contributed by atoms with E-state index in [1.807, 2.05) is 13.8 Å². The molecule has 1 aliphatic heterocycles. The lowest BCUT2D eigenvalue weighted by Crippen LogP contribution is -2.00. The molecule has 0 atom stereocenters. The van der Waals surface area contributed by atoms with Crippen LogP contribution in [-0.2, 0) is 14.3 Å². The Balaban J connectivity index is 0.000000302. The molecular formula is C13H21NO3. The van der Waals surface area contributed by atoms with Gasteiger partial charge in [-0.25, -0.2) is 9.79 Å². The van der Waals surface area contributed by atoms with E-state index in [2.05, 4.69) is 22.9 Å². The van der Waals surface area contributed by atoms with Crippen molar-refractivity contribution in [3.8, 4) is 0 Å². The molecular weight excluding hydrogens is 218 g/mol. The summed E-state index contributed by atoms with van der Waals surface area (Å²) in [7, 11) is 0. The number of unbranched alkanes of at least 4 members (excludes halogenated alkanes) is 1. The number of hydrogen-bond acceptors (Lipinski definition) is 4. The maximum absolute atomic E-state index is 10.3. The topological polar surface area (TPSA) is 47.9 Å². The third kappa shape index (κ3) is 8.25. The molecule has 0 spiro atoms. The van der Waals surface area contributed by atoms with Gasteiger partial charge in [0.05, 0.1) is 13.2 Å². The molecule has 4 nitrogen and oxygen atoms in total. The lowest BCUT2D eigenvalue weighted by atomic mass is 10.4. The van der Waals surface area contributed by atoms with Gasteiger partial charge >= 0.3 is 5.97 Å². The number of ether oxygens (including phenoxy) is 2. The number of aliphatic imine (C=N–C) groups is 1. The molecule has 0 N–H and O–H groups in total. The Bertz CT molecular complexity index is 295. The highest BCUT2D eigenvalue weighted by molar-refractivity contribution is 5.93. The maximum Gasteiger partial charge on any atom is 0.330 e. The minimum Gasteiger partial charge on any atom is -0.476 e. The fourth-order valence-corrected chi connectivity index (χ4v) is 0.969. The van der Waals surface area contributed by atoms with Gasteiger partial charge in [-0.05, 0) is 13.3 Å². The molecule has 4 heteroatoms. The standard InChI is InChI=1S/C7H12O2.C6H9NO/c1-3-5-6-9-7(8)4-2;1-5(2)6-7-3-4-8-6/h4H,2-3,5-6H2,1H3;1,3-4H2,2H3. The van der Waals surface area contributed by atoms with Crippen molar-refractivity contribution in [3.63, 3.8) is 0 Å². The molecule has 1 aliphatic rings. The van der Waals surface area contributed by atoms with Gasteiger partial charge in [0.25, 0.3) is 0 Å². The van der Waals surface area contributed by atoms with Gasteiger partial charge in [0.1, 0.15) is 6.61 Å². The van der Waals surface area contributed by atoms with Crippen LogP contribution in [0.25, 0.3) is 0 Å². The van der Waals surface area contributed by atoms with Crippen LogP contribution < -0.4 is 0 Å². The molecule has 0 amide bonds. The van der Waals surface area contributed by atoms with Crippen molar-refractivity contribution in [1.29, 1.82) is 0 Å². The van der Waals surface area contributed by atoms with Crippen LogP contribution in [0.2, 0.25) is 0 Å². The Morgan fingerprint density at radius 2 is 2.35 bits per heavy atom. The zero-order valence-electron chi connectivity index (χ0n) is 10.7. The normalized spacial score (nSPS) is 12.7. The fraction of sp³-hybridized carbons (Fsp3) is 0.538. The molecule has 0 aromatic rings. The first-order valence-electron chi connectivity index (χ1n) is 5.74. The molecule has 0 bridgehead atoms. The summed E-state index contributed by atoms with van der Waals surface area (Å²) in [4.78, 5) is 14.4. The van der Waals surface area contributed by atoms with E-state index < -0.39 is 0 Å². The number of carbonyl (C=O) groups is 1. The van der Waals surface area contributed by atoms with E-state index in [4.69, 9.17) is 4.74 Å². The zero-order chi connectivity index (χ0) is 13.1. The highest BCUT2D eigenvalue weighted by atomic mass is 16.5. The molecule has 0 unspecified atom stereocenters. The van der Waals surface area contributed by atoms with Gasteiger partial charge in [0.2, 0.25) is 5.90 Å². The number of nitrogens with zero attached hydrogens (tertiary/aromatic N) is 1. The first kappa shape index (κ1) is 15.4. The van der Waals surface area contributed by atoms with Crippen molar-refractivity contribution >= 4 is 11.9 Å². The van der Waals surface area contributed by atoms with Crippen molar-refractivity contribution in [3.05, 3.63) is 24.8 Å². The summed E-state index contributed by atoms with van der Waals surface area (Å²) in [5, 5.41) is 0. The molecule has 0 aromatic carbocycles. The zero-order valence-corrected chi connectivity index (χ0v) is 10.7. The van der Waals surface area contributed by atoms with Crippen molar-refractivity contribution in [2.75, 3.05) is 19.8 Å². The van der Waals surface area contributed by atoms with Gasteiger partial charge in [-0.3, -0.25) is 0 Å². The van der Waals surface area contributed by atoms with E-state index in [0.717, 1.165) is 37.5 Å². The Hall–Kier alpha value is -1.58.